The second kappa shape index (κ2) is 9.79. The Labute approximate surface area is 224 Å². The summed E-state index contributed by atoms with van der Waals surface area (Å²) in [5.74, 6) is 0.504. The first-order valence-electron chi connectivity index (χ1n) is 13.8. The van der Waals surface area contributed by atoms with Crippen LogP contribution in [0, 0.1) is 0 Å². The minimum atomic E-state index is -0.503. The van der Waals surface area contributed by atoms with Gasteiger partial charge in [0.25, 0.3) is 0 Å². The van der Waals surface area contributed by atoms with Crippen molar-refractivity contribution in [3.05, 3.63) is 107 Å². The van der Waals surface area contributed by atoms with Crippen molar-refractivity contribution >= 4 is 22.7 Å². The van der Waals surface area contributed by atoms with Crippen molar-refractivity contribution in [3.8, 4) is 0 Å². The maximum atomic E-state index is 14.1. The Kier molecular flexibility index (Phi) is 6.30. The van der Waals surface area contributed by atoms with Crippen LogP contribution in [0.5, 0.6) is 0 Å². The molecule has 38 heavy (non-hydrogen) atoms. The minimum Gasteiger partial charge on any atom is -0.356 e. The largest absolute Gasteiger partial charge is 0.356 e. The van der Waals surface area contributed by atoms with Gasteiger partial charge in [-0.05, 0) is 54.0 Å². The van der Waals surface area contributed by atoms with Gasteiger partial charge in [-0.3, -0.25) is 9.59 Å². The fourth-order valence-corrected chi connectivity index (χ4v) is 6.25. The van der Waals surface area contributed by atoms with Crippen molar-refractivity contribution in [2.75, 3.05) is 6.54 Å². The average Bonchev–Trinajstić information content (AvgIpc) is 3.31. The molecule has 3 aromatic carbocycles. The summed E-state index contributed by atoms with van der Waals surface area (Å²) >= 11 is 0. The lowest BCUT2D eigenvalue weighted by Crippen LogP contribution is -2.64. The van der Waals surface area contributed by atoms with Crippen molar-refractivity contribution in [1.82, 2.24) is 14.8 Å². The number of benzene rings is 3. The quantitative estimate of drug-likeness (QED) is 0.350. The maximum Gasteiger partial charge on any atom is 0.246 e. The third-order valence-electron chi connectivity index (χ3n) is 8.44. The molecule has 3 heterocycles. The number of carbonyl (C=O) groups is 2. The molecule has 4 aromatic rings. The molecule has 2 aliphatic rings. The van der Waals surface area contributed by atoms with Crippen LogP contribution in [0.1, 0.15) is 67.1 Å². The molecular formula is C33H35N3O2. The van der Waals surface area contributed by atoms with Gasteiger partial charge in [-0.15, -0.1) is 0 Å². The predicted molar refractivity (Wildman–Crippen MR) is 151 cm³/mol. The fourth-order valence-electron chi connectivity index (χ4n) is 6.25. The van der Waals surface area contributed by atoms with Crippen LogP contribution in [-0.4, -0.2) is 45.2 Å². The van der Waals surface area contributed by atoms with E-state index in [4.69, 9.17) is 0 Å². The predicted octanol–water partition coefficient (Wildman–Crippen LogP) is 6.00. The summed E-state index contributed by atoms with van der Waals surface area (Å²) in [5, 5.41) is 1.14. The van der Waals surface area contributed by atoms with E-state index in [0.29, 0.717) is 12.3 Å². The van der Waals surface area contributed by atoms with E-state index < -0.39 is 6.04 Å². The molecule has 0 aliphatic carbocycles. The van der Waals surface area contributed by atoms with Crippen molar-refractivity contribution in [3.63, 3.8) is 0 Å². The van der Waals surface area contributed by atoms with E-state index in [-0.39, 0.29) is 30.4 Å². The minimum absolute atomic E-state index is 0.0121. The summed E-state index contributed by atoms with van der Waals surface area (Å²) < 4.78 is 0. The van der Waals surface area contributed by atoms with Crippen molar-refractivity contribution in [2.24, 2.45) is 0 Å². The molecule has 3 atom stereocenters. The second-order valence-corrected chi connectivity index (χ2v) is 11.1. The highest BCUT2D eigenvalue weighted by Crippen LogP contribution is 2.43. The van der Waals surface area contributed by atoms with Crippen molar-refractivity contribution in [2.45, 2.75) is 64.1 Å². The van der Waals surface area contributed by atoms with Crippen LogP contribution in [0.15, 0.2) is 78.9 Å². The molecule has 1 fully saturated rings. The first-order chi connectivity index (χ1) is 18.4. The number of aromatic amines is 1. The van der Waals surface area contributed by atoms with Crippen molar-refractivity contribution in [1.29, 1.82) is 0 Å². The molecule has 1 N–H and O–H groups in total. The Morgan fingerprint density at radius 3 is 2.34 bits per heavy atom. The number of aromatic nitrogens is 1. The molecule has 0 bridgehead atoms. The Bertz CT molecular complexity index is 1470. The van der Waals surface area contributed by atoms with Gasteiger partial charge in [0.2, 0.25) is 11.8 Å². The molecule has 0 unspecified atom stereocenters. The van der Waals surface area contributed by atoms with Gasteiger partial charge < -0.3 is 14.8 Å². The van der Waals surface area contributed by atoms with E-state index in [1.54, 1.807) is 0 Å². The zero-order chi connectivity index (χ0) is 26.4. The summed E-state index contributed by atoms with van der Waals surface area (Å²) in [6.07, 6.45) is 2.24. The number of para-hydroxylation sites is 1. The van der Waals surface area contributed by atoms with Gasteiger partial charge in [0.05, 0.1) is 6.04 Å². The Balaban J connectivity index is 1.36. The molecule has 2 amide bonds. The first kappa shape index (κ1) is 24.5. The van der Waals surface area contributed by atoms with Crippen LogP contribution in [0.2, 0.25) is 0 Å². The topological polar surface area (TPSA) is 56.4 Å². The van der Waals surface area contributed by atoms with Crippen molar-refractivity contribution < 1.29 is 9.59 Å². The van der Waals surface area contributed by atoms with Gasteiger partial charge >= 0.3 is 0 Å². The third kappa shape index (κ3) is 4.20. The molecule has 5 heteroatoms. The summed E-state index contributed by atoms with van der Waals surface area (Å²) in [7, 11) is 0. The highest BCUT2D eigenvalue weighted by atomic mass is 16.2. The van der Waals surface area contributed by atoms with Gasteiger partial charge in [0.15, 0.2) is 0 Å². The number of fused-ring (bicyclic) bond motifs is 4. The Hall–Kier alpha value is -3.86. The lowest BCUT2D eigenvalue weighted by atomic mass is 9.85. The highest BCUT2D eigenvalue weighted by Gasteiger charge is 2.48. The number of rotatable bonds is 6. The normalized spacial score (nSPS) is 20.1. The molecule has 0 spiro atoms. The first-order valence-corrected chi connectivity index (χ1v) is 13.8. The zero-order valence-electron chi connectivity index (χ0n) is 22.4. The van der Waals surface area contributed by atoms with E-state index >= 15 is 0 Å². The van der Waals surface area contributed by atoms with E-state index in [9.17, 15) is 9.59 Å². The number of amides is 2. The monoisotopic (exact) mass is 505 g/mol. The number of aryl methyl sites for hydroxylation is 1. The zero-order valence-corrected chi connectivity index (χ0v) is 22.4. The lowest BCUT2D eigenvalue weighted by Gasteiger charge is -2.48. The molecule has 1 aromatic heterocycles. The van der Waals surface area contributed by atoms with Gasteiger partial charge in [-0.25, -0.2) is 0 Å². The van der Waals surface area contributed by atoms with Gasteiger partial charge in [0.1, 0.15) is 12.6 Å². The van der Waals surface area contributed by atoms with Crippen LogP contribution in [0.25, 0.3) is 10.9 Å². The summed E-state index contributed by atoms with van der Waals surface area (Å²) in [6.45, 7) is 6.57. The molecule has 194 valence electrons. The van der Waals surface area contributed by atoms with E-state index in [1.165, 1.54) is 11.1 Å². The Morgan fingerprint density at radius 1 is 0.895 bits per heavy atom. The molecule has 0 saturated carbocycles. The smallest absolute Gasteiger partial charge is 0.246 e. The summed E-state index contributed by atoms with van der Waals surface area (Å²) in [4.78, 5) is 35.2. The third-order valence-corrected chi connectivity index (χ3v) is 8.44. The lowest BCUT2D eigenvalue weighted by molar-refractivity contribution is -0.160. The summed E-state index contributed by atoms with van der Waals surface area (Å²) in [5.41, 5.74) is 6.79. The molecule has 2 aliphatic heterocycles. The van der Waals surface area contributed by atoms with Crippen LogP contribution < -0.4 is 0 Å². The van der Waals surface area contributed by atoms with Gasteiger partial charge in [0, 0.05) is 29.1 Å². The fraction of sp³-hybridized carbons (Fsp3) is 0.333. The van der Waals surface area contributed by atoms with Crippen LogP contribution in [0.4, 0.5) is 0 Å². The second-order valence-electron chi connectivity index (χ2n) is 11.1. The van der Waals surface area contributed by atoms with E-state index in [2.05, 4.69) is 74.3 Å². The number of H-pyrrole nitrogens is 1. The number of carbonyl (C=O) groups excluding carboxylic acids is 2. The number of piperazine rings is 1. The van der Waals surface area contributed by atoms with Crippen LogP contribution in [-0.2, 0) is 22.4 Å². The molecule has 5 nitrogen and oxygen atoms in total. The molecule has 0 radical (unpaired) electrons. The standard InChI is InChI=1S/C33H35N3O2/c1-21(2)24-15-17-25(18-16-24)32-31-27(26-11-7-8-12-28(26)34-31)19-29-33(38)35(20-30(37)36(29)32)22(3)13-14-23-9-5-4-6-10-23/h4-12,15-18,21-22,29,32,34H,13-14,19-20H2,1-3H3/t22-,29-,32+/m0/s1. The number of hydrogen-bond donors (Lipinski definition) is 1. The van der Waals surface area contributed by atoms with Crippen LogP contribution in [0.3, 0.4) is 0 Å². The van der Waals surface area contributed by atoms with E-state index in [1.807, 2.05) is 40.1 Å². The van der Waals surface area contributed by atoms with Gasteiger partial charge in [-0.1, -0.05) is 86.6 Å². The molecular weight excluding hydrogens is 470 g/mol. The number of hydrogen-bond acceptors (Lipinski definition) is 2. The van der Waals surface area contributed by atoms with E-state index in [0.717, 1.165) is 40.6 Å². The average molecular weight is 506 g/mol. The SMILES string of the molecule is CC(C)c1ccc([C@@H]2c3[nH]c4ccccc4c3C[C@H]3C(=O)N([C@@H](C)CCc4ccccc4)CC(=O)N23)cc1. The van der Waals surface area contributed by atoms with Crippen LogP contribution >= 0.6 is 0 Å². The maximum absolute atomic E-state index is 14.1. The molecule has 6 rings (SSSR count). The Morgan fingerprint density at radius 2 is 1.61 bits per heavy atom. The highest BCUT2D eigenvalue weighted by molar-refractivity contribution is 5.97. The van der Waals surface area contributed by atoms with Gasteiger partial charge in [-0.2, -0.15) is 0 Å². The summed E-state index contributed by atoms with van der Waals surface area (Å²) in [6, 6.07) is 26.3. The number of nitrogens with one attached hydrogen (secondary N) is 1. The number of nitrogens with zero attached hydrogens (tertiary/aromatic N) is 2. The molecule has 1 saturated heterocycles.